The minimum atomic E-state index is 0.0359. The summed E-state index contributed by atoms with van der Waals surface area (Å²) >= 11 is 0. The molecule has 1 saturated heterocycles. The van der Waals surface area contributed by atoms with E-state index in [1.54, 1.807) is 6.41 Å². The number of nitrogens with two attached hydrogens (primary N) is 2. The lowest BCUT2D eigenvalue weighted by Crippen LogP contribution is -2.81. The highest BCUT2D eigenvalue weighted by Gasteiger charge is 2.06. The SMILES string of the molecule is CC[NH2+][C-]=O.NC1CCCCO1. The molecule has 1 rings (SSSR count). The maximum Gasteiger partial charge on any atom is 0.105 e. The lowest BCUT2D eigenvalue weighted by Gasteiger charge is -2.17. The highest BCUT2D eigenvalue weighted by atomic mass is 16.5. The molecule has 1 heterocycles. The molecule has 0 aromatic heterocycles. The van der Waals surface area contributed by atoms with Gasteiger partial charge in [-0.3, -0.25) is 0 Å². The van der Waals surface area contributed by atoms with E-state index in [9.17, 15) is 4.79 Å². The van der Waals surface area contributed by atoms with Crippen molar-refractivity contribution in [2.45, 2.75) is 32.4 Å². The molecule has 0 bridgehead atoms. The van der Waals surface area contributed by atoms with Crippen LogP contribution in [0.15, 0.2) is 0 Å². The molecule has 1 aliphatic rings. The summed E-state index contributed by atoms with van der Waals surface area (Å²) in [6, 6.07) is 0. The Morgan fingerprint density at radius 3 is 2.58 bits per heavy atom. The lowest BCUT2D eigenvalue weighted by molar-refractivity contribution is -0.533. The van der Waals surface area contributed by atoms with Crippen LogP contribution in [0.3, 0.4) is 0 Å². The zero-order chi connectivity index (χ0) is 9.23. The Bertz CT molecular complexity index is 103. The summed E-state index contributed by atoms with van der Waals surface area (Å²) in [5.74, 6) is 0. The molecule has 4 heteroatoms. The Morgan fingerprint density at radius 1 is 1.67 bits per heavy atom. The van der Waals surface area contributed by atoms with Gasteiger partial charge in [0.2, 0.25) is 0 Å². The van der Waals surface area contributed by atoms with E-state index >= 15 is 0 Å². The number of carbonyl (C=O) groups excluding carboxylic acids is 1. The van der Waals surface area contributed by atoms with Gasteiger partial charge in [-0.1, -0.05) is 0 Å². The smallest absolute Gasteiger partial charge is 0.105 e. The van der Waals surface area contributed by atoms with Gasteiger partial charge < -0.3 is 20.6 Å². The Balaban J connectivity index is 0.000000217. The van der Waals surface area contributed by atoms with Crippen molar-refractivity contribution < 1.29 is 14.8 Å². The van der Waals surface area contributed by atoms with Gasteiger partial charge in [0.05, 0.1) is 6.54 Å². The number of primary amides is 1. The predicted molar refractivity (Wildman–Crippen MR) is 45.9 cm³/mol. The maximum atomic E-state index is 9.22. The molecular formula is C8H18N2O2. The molecule has 1 fully saturated rings. The van der Waals surface area contributed by atoms with E-state index in [2.05, 4.69) is 0 Å². The van der Waals surface area contributed by atoms with Crippen LogP contribution in [0.5, 0.6) is 0 Å². The van der Waals surface area contributed by atoms with Crippen LogP contribution >= 0.6 is 0 Å². The average Bonchev–Trinajstić information content (AvgIpc) is 2.08. The third-order valence-corrected chi connectivity index (χ3v) is 1.50. The molecule has 1 atom stereocenters. The lowest BCUT2D eigenvalue weighted by atomic mass is 10.2. The van der Waals surface area contributed by atoms with Crippen LogP contribution in [0, 0.1) is 0 Å². The summed E-state index contributed by atoms with van der Waals surface area (Å²) in [6.07, 6.45) is 5.15. The van der Waals surface area contributed by atoms with E-state index in [4.69, 9.17) is 10.5 Å². The van der Waals surface area contributed by atoms with E-state index < -0.39 is 0 Å². The Morgan fingerprint density at radius 2 is 2.42 bits per heavy atom. The monoisotopic (exact) mass is 174 g/mol. The van der Waals surface area contributed by atoms with Crippen molar-refractivity contribution in [2.75, 3.05) is 13.2 Å². The van der Waals surface area contributed by atoms with Crippen molar-refractivity contribution >= 4 is 6.41 Å². The largest absolute Gasteiger partial charge is 0.475 e. The fraction of sp³-hybridized carbons (Fsp3) is 0.875. The van der Waals surface area contributed by atoms with Crippen molar-refractivity contribution in [1.29, 1.82) is 0 Å². The van der Waals surface area contributed by atoms with E-state index in [1.807, 2.05) is 6.92 Å². The van der Waals surface area contributed by atoms with Crippen molar-refractivity contribution in [3.63, 3.8) is 0 Å². The fourth-order valence-electron chi connectivity index (χ4n) is 0.849. The summed E-state index contributed by atoms with van der Waals surface area (Å²) in [7, 11) is 0. The van der Waals surface area contributed by atoms with Crippen LogP contribution in [0.4, 0.5) is 0 Å². The Kier molecular flexibility index (Phi) is 8.32. The molecule has 0 spiro atoms. The number of rotatable bonds is 2. The summed E-state index contributed by atoms with van der Waals surface area (Å²) in [5, 5.41) is 1.44. The first kappa shape index (κ1) is 11.6. The topological polar surface area (TPSA) is 68.9 Å². The summed E-state index contributed by atoms with van der Waals surface area (Å²) in [6.45, 7) is 3.55. The van der Waals surface area contributed by atoms with Gasteiger partial charge in [-0.25, -0.2) is 0 Å². The van der Waals surface area contributed by atoms with E-state index in [0.717, 1.165) is 19.6 Å². The average molecular weight is 174 g/mol. The van der Waals surface area contributed by atoms with Crippen LogP contribution < -0.4 is 11.1 Å². The second kappa shape index (κ2) is 8.64. The van der Waals surface area contributed by atoms with Gasteiger partial charge in [-0.15, -0.1) is 0 Å². The van der Waals surface area contributed by atoms with Gasteiger partial charge in [-0.2, -0.15) is 0 Å². The van der Waals surface area contributed by atoms with Crippen molar-refractivity contribution in [3.05, 3.63) is 0 Å². The standard InChI is InChI=1S/C5H11NO.C3H7NO/c6-5-3-1-2-4-7-5;1-2-4-3-5/h5H,1-4,6H2;2,4H2,1H3. The third kappa shape index (κ3) is 7.65. The molecule has 72 valence electrons. The molecule has 12 heavy (non-hydrogen) atoms. The van der Waals surface area contributed by atoms with Crippen molar-refractivity contribution in [3.8, 4) is 0 Å². The van der Waals surface area contributed by atoms with E-state index in [0.29, 0.717) is 0 Å². The predicted octanol–water partition coefficient (Wildman–Crippen LogP) is -0.891. The van der Waals surface area contributed by atoms with Crippen LogP contribution in [-0.2, 0) is 9.53 Å². The molecule has 0 saturated carbocycles. The van der Waals surface area contributed by atoms with E-state index in [-0.39, 0.29) is 6.23 Å². The molecule has 0 aliphatic carbocycles. The van der Waals surface area contributed by atoms with Gasteiger partial charge >= 0.3 is 0 Å². The van der Waals surface area contributed by atoms with Gasteiger partial charge in [0.25, 0.3) is 0 Å². The number of ether oxygens (including phenoxy) is 1. The van der Waals surface area contributed by atoms with Crippen LogP contribution in [0.2, 0.25) is 0 Å². The van der Waals surface area contributed by atoms with Gasteiger partial charge in [0, 0.05) is 6.61 Å². The van der Waals surface area contributed by atoms with Crippen LogP contribution in [0.1, 0.15) is 26.2 Å². The Hall–Kier alpha value is -0.450. The zero-order valence-electron chi connectivity index (χ0n) is 7.58. The maximum absolute atomic E-state index is 9.22. The van der Waals surface area contributed by atoms with Gasteiger partial charge in [-0.05, 0) is 32.6 Å². The highest BCUT2D eigenvalue weighted by molar-refractivity contribution is 5.32. The molecule has 0 aromatic carbocycles. The molecule has 1 aliphatic heterocycles. The summed E-state index contributed by atoms with van der Waals surface area (Å²) in [5.41, 5.74) is 5.41. The highest BCUT2D eigenvalue weighted by Crippen LogP contribution is 2.06. The van der Waals surface area contributed by atoms with Crippen LogP contribution in [-0.4, -0.2) is 25.8 Å². The number of quaternary nitrogens is 1. The first-order valence-corrected chi connectivity index (χ1v) is 4.37. The molecule has 1 amide bonds. The summed E-state index contributed by atoms with van der Waals surface area (Å²) < 4.78 is 5.06. The van der Waals surface area contributed by atoms with Crippen molar-refractivity contribution in [1.82, 2.24) is 0 Å². The second-order valence-electron chi connectivity index (χ2n) is 2.64. The third-order valence-electron chi connectivity index (χ3n) is 1.50. The zero-order valence-corrected chi connectivity index (χ0v) is 7.58. The molecule has 0 radical (unpaired) electrons. The minimum Gasteiger partial charge on any atom is -0.475 e. The van der Waals surface area contributed by atoms with E-state index in [1.165, 1.54) is 18.2 Å². The number of hydrogen-bond acceptors (Lipinski definition) is 3. The molecular weight excluding hydrogens is 156 g/mol. The first-order valence-electron chi connectivity index (χ1n) is 4.37. The van der Waals surface area contributed by atoms with Crippen LogP contribution in [0.25, 0.3) is 0 Å². The minimum absolute atomic E-state index is 0.0359. The number of hydrogen-bond donors (Lipinski definition) is 2. The summed E-state index contributed by atoms with van der Waals surface area (Å²) in [4.78, 5) is 9.22. The first-order chi connectivity index (χ1) is 5.81. The number of amides is 1. The molecule has 0 aromatic rings. The normalized spacial score (nSPS) is 22.3. The molecule has 1 unspecified atom stereocenters. The van der Waals surface area contributed by atoms with Gasteiger partial charge in [0.1, 0.15) is 6.23 Å². The fourth-order valence-corrected chi connectivity index (χ4v) is 0.849. The molecule has 4 N–H and O–H groups in total. The van der Waals surface area contributed by atoms with Gasteiger partial charge in [0.15, 0.2) is 0 Å². The Labute approximate surface area is 73.5 Å². The molecule has 4 nitrogen and oxygen atoms in total. The van der Waals surface area contributed by atoms with Crippen molar-refractivity contribution in [2.24, 2.45) is 5.73 Å². The second-order valence-corrected chi connectivity index (χ2v) is 2.64. The quantitative estimate of drug-likeness (QED) is 0.533.